The molecule has 0 atom stereocenters. The lowest BCUT2D eigenvalue weighted by atomic mass is 10.1. The third kappa shape index (κ3) is 8.50. The number of nitrogens with one attached hydrogen (secondary N) is 3. The van der Waals surface area contributed by atoms with Crippen molar-refractivity contribution in [2.75, 3.05) is 57.7 Å². The van der Waals surface area contributed by atoms with Crippen molar-refractivity contribution in [3.63, 3.8) is 0 Å². The number of hydrogen-bond acceptors (Lipinski definition) is 2. The van der Waals surface area contributed by atoms with Crippen molar-refractivity contribution in [1.82, 2.24) is 4.90 Å². The SMILES string of the molecule is CC(C)CN(CC(C)C)C(=O)C[NH+]1CC[NH+](CC(=O)Nc2ccc(F)cc2)CC1. The van der Waals surface area contributed by atoms with Crippen LogP contribution in [-0.2, 0) is 9.59 Å². The number of rotatable bonds is 9. The minimum atomic E-state index is -0.317. The summed E-state index contributed by atoms with van der Waals surface area (Å²) in [4.78, 5) is 29.5. The van der Waals surface area contributed by atoms with Gasteiger partial charge < -0.3 is 20.0 Å². The molecule has 2 amide bonds. The number of carbonyl (C=O) groups excluding carboxylic acids is 2. The van der Waals surface area contributed by atoms with E-state index in [2.05, 4.69) is 33.0 Å². The molecule has 162 valence electrons. The molecule has 0 spiro atoms. The predicted octanol–water partition coefficient (Wildman–Crippen LogP) is -0.312. The largest absolute Gasteiger partial charge is 0.337 e. The summed E-state index contributed by atoms with van der Waals surface area (Å²) < 4.78 is 13.0. The van der Waals surface area contributed by atoms with Crippen molar-refractivity contribution >= 4 is 17.5 Å². The fraction of sp³-hybridized carbons (Fsp3) is 0.636. The first kappa shape index (κ1) is 23.3. The van der Waals surface area contributed by atoms with Crippen LogP contribution in [0, 0.1) is 17.7 Å². The van der Waals surface area contributed by atoms with Crippen LogP contribution in [-0.4, -0.2) is 69.1 Å². The van der Waals surface area contributed by atoms with Gasteiger partial charge in [0.05, 0.1) is 0 Å². The third-order valence-electron chi connectivity index (χ3n) is 5.13. The summed E-state index contributed by atoms with van der Waals surface area (Å²) in [5, 5.41) is 2.82. The lowest BCUT2D eigenvalue weighted by Gasteiger charge is -2.31. The van der Waals surface area contributed by atoms with E-state index in [-0.39, 0.29) is 17.6 Å². The van der Waals surface area contributed by atoms with Crippen molar-refractivity contribution in [2.24, 2.45) is 11.8 Å². The van der Waals surface area contributed by atoms with Crippen LogP contribution < -0.4 is 15.1 Å². The standard InChI is InChI=1S/C22H35FN4O2/c1-17(2)13-27(14-18(3)4)22(29)16-26-11-9-25(10-12-26)15-21(28)24-20-7-5-19(23)6-8-20/h5-8,17-18H,9-16H2,1-4H3,(H,24,28)/p+2. The average molecular weight is 409 g/mol. The van der Waals surface area contributed by atoms with Crippen LogP contribution in [0.25, 0.3) is 0 Å². The lowest BCUT2D eigenvalue weighted by Crippen LogP contribution is -3.28. The van der Waals surface area contributed by atoms with E-state index in [0.29, 0.717) is 30.6 Å². The van der Waals surface area contributed by atoms with Gasteiger partial charge in [0.2, 0.25) is 0 Å². The highest BCUT2D eigenvalue weighted by molar-refractivity contribution is 5.91. The summed E-state index contributed by atoms with van der Waals surface area (Å²) in [6, 6.07) is 5.81. The van der Waals surface area contributed by atoms with E-state index < -0.39 is 0 Å². The molecule has 1 aliphatic heterocycles. The summed E-state index contributed by atoms with van der Waals surface area (Å²) in [7, 11) is 0. The minimum absolute atomic E-state index is 0.0637. The van der Waals surface area contributed by atoms with Crippen LogP contribution in [0.4, 0.5) is 10.1 Å². The number of hydrogen-bond donors (Lipinski definition) is 3. The molecule has 0 aromatic heterocycles. The molecule has 1 aliphatic rings. The van der Waals surface area contributed by atoms with Crippen molar-refractivity contribution in [3.8, 4) is 0 Å². The van der Waals surface area contributed by atoms with Crippen molar-refractivity contribution in [1.29, 1.82) is 0 Å². The molecule has 6 nitrogen and oxygen atoms in total. The molecular weight excluding hydrogens is 371 g/mol. The van der Waals surface area contributed by atoms with Crippen molar-refractivity contribution in [3.05, 3.63) is 30.1 Å². The molecule has 1 fully saturated rings. The van der Waals surface area contributed by atoms with Gasteiger partial charge in [0.1, 0.15) is 32.0 Å². The molecule has 1 saturated heterocycles. The predicted molar refractivity (Wildman–Crippen MR) is 112 cm³/mol. The maximum Gasteiger partial charge on any atom is 0.279 e. The maximum absolute atomic E-state index is 13.0. The van der Waals surface area contributed by atoms with Gasteiger partial charge in [-0.05, 0) is 36.1 Å². The van der Waals surface area contributed by atoms with E-state index in [4.69, 9.17) is 0 Å². The number of carbonyl (C=O) groups is 2. The van der Waals surface area contributed by atoms with E-state index in [0.717, 1.165) is 39.3 Å². The summed E-state index contributed by atoms with van der Waals surface area (Å²) in [5.74, 6) is 0.788. The normalized spacial score (nSPS) is 19.4. The Balaban J connectivity index is 1.75. The van der Waals surface area contributed by atoms with Gasteiger partial charge in [-0.15, -0.1) is 0 Å². The van der Waals surface area contributed by atoms with Crippen LogP contribution in [0.1, 0.15) is 27.7 Å². The zero-order valence-corrected chi connectivity index (χ0v) is 18.3. The Morgan fingerprint density at radius 2 is 1.41 bits per heavy atom. The van der Waals surface area contributed by atoms with Gasteiger partial charge in [0, 0.05) is 18.8 Å². The second-order valence-corrected chi connectivity index (χ2v) is 9.00. The Morgan fingerprint density at radius 3 is 1.90 bits per heavy atom. The van der Waals surface area contributed by atoms with E-state index in [1.165, 1.54) is 21.9 Å². The van der Waals surface area contributed by atoms with Gasteiger partial charge in [-0.1, -0.05) is 27.7 Å². The Hall–Kier alpha value is -1.99. The molecule has 29 heavy (non-hydrogen) atoms. The number of nitrogens with zero attached hydrogens (tertiary/aromatic N) is 1. The number of quaternary nitrogens is 2. The smallest absolute Gasteiger partial charge is 0.279 e. The Kier molecular flexibility index (Phi) is 9.04. The highest BCUT2D eigenvalue weighted by Gasteiger charge is 2.28. The average Bonchev–Trinajstić information content (AvgIpc) is 2.64. The number of anilines is 1. The number of halogens is 1. The summed E-state index contributed by atoms with van der Waals surface area (Å²) in [6.45, 7) is 14.7. The van der Waals surface area contributed by atoms with Gasteiger partial charge >= 0.3 is 0 Å². The van der Waals surface area contributed by atoms with E-state index >= 15 is 0 Å². The van der Waals surface area contributed by atoms with Gasteiger partial charge in [-0.2, -0.15) is 0 Å². The summed E-state index contributed by atoms with van der Waals surface area (Å²) in [5.41, 5.74) is 0.612. The van der Waals surface area contributed by atoms with Crippen molar-refractivity contribution < 1.29 is 23.8 Å². The first-order valence-electron chi connectivity index (χ1n) is 10.7. The summed E-state index contributed by atoms with van der Waals surface area (Å²) in [6.07, 6.45) is 0. The second-order valence-electron chi connectivity index (χ2n) is 9.00. The van der Waals surface area contributed by atoms with E-state index in [1.807, 2.05) is 4.90 Å². The second kappa shape index (κ2) is 11.3. The Labute approximate surface area is 174 Å². The zero-order valence-electron chi connectivity index (χ0n) is 18.3. The summed E-state index contributed by atoms with van der Waals surface area (Å²) >= 11 is 0. The third-order valence-corrected chi connectivity index (χ3v) is 5.13. The molecule has 0 aliphatic carbocycles. The van der Waals surface area contributed by atoms with Crippen LogP contribution in [0.5, 0.6) is 0 Å². The molecular formula is C22H37FN4O2+2. The Bertz CT molecular complexity index is 645. The van der Waals surface area contributed by atoms with E-state index in [9.17, 15) is 14.0 Å². The molecule has 7 heteroatoms. The fourth-order valence-corrected chi connectivity index (χ4v) is 3.76. The molecule has 0 bridgehead atoms. The molecule has 1 aromatic rings. The first-order chi connectivity index (χ1) is 13.7. The zero-order chi connectivity index (χ0) is 21.4. The number of piperazine rings is 1. The van der Waals surface area contributed by atoms with Crippen LogP contribution in [0.3, 0.4) is 0 Å². The van der Waals surface area contributed by atoms with E-state index in [1.54, 1.807) is 12.1 Å². The molecule has 0 saturated carbocycles. The molecule has 0 radical (unpaired) electrons. The quantitative estimate of drug-likeness (QED) is 0.525. The Morgan fingerprint density at radius 1 is 0.931 bits per heavy atom. The maximum atomic E-state index is 13.0. The lowest BCUT2D eigenvalue weighted by molar-refractivity contribution is -1.00. The van der Waals surface area contributed by atoms with Crippen molar-refractivity contribution in [2.45, 2.75) is 27.7 Å². The minimum Gasteiger partial charge on any atom is -0.337 e. The fourth-order valence-electron chi connectivity index (χ4n) is 3.76. The number of amides is 2. The molecule has 1 heterocycles. The van der Waals surface area contributed by atoms with Gasteiger partial charge in [-0.25, -0.2) is 4.39 Å². The highest BCUT2D eigenvalue weighted by atomic mass is 19.1. The van der Waals surface area contributed by atoms with Crippen LogP contribution >= 0.6 is 0 Å². The van der Waals surface area contributed by atoms with Gasteiger partial charge in [0.15, 0.2) is 13.1 Å². The first-order valence-corrected chi connectivity index (χ1v) is 10.7. The van der Waals surface area contributed by atoms with Gasteiger partial charge in [0.25, 0.3) is 11.8 Å². The molecule has 1 aromatic carbocycles. The highest BCUT2D eigenvalue weighted by Crippen LogP contribution is 2.07. The van der Waals surface area contributed by atoms with Gasteiger partial charge in [-0.3, -0.25) is 9.59 Å². The molecule has 2 rings (SSSR count). The number of benzene rings is 1. The molecule has 3 N–H and O–H groups in total. The van der Waals surface area contributed by atoms with Crippen LogP contribution in [0.2, 0.25) is 0 Å². The van der Waals surface area contributed by atoms with Crippen LogP contribution in [0.15, 0.2) is 24.3 Å². The monoisotopic (exact) mass is 408 g/mol. The molecule has 0 unspecified atom stereocenters. The topological polar surface area (TPSA) is 58.3 Å².